The van der Waals surface area contributed by atoms with Gasteiger partial charge in [-0.25, -0.2) is 4.98 Å². The van der Waals surface area contributed by atoms with Gasteiger partial charge in [0.1, 0.15) is 18.7 Å². The summed E-state index contributed by atoms with van der Waals surface area (Å²) in [7, 11) is 3.59. The zero-order valence-electron chi connectivity index (χ0n) is 67.6. The van der Waals surface area contributed by atoms with Gasteiger partial charge in [0.2, 0.25) is 0 Å². The van der Waals surface area contributed by atoms with Gasteiger partial charge in [0.05, 0.1) is 42.7 Å². The normalized spacial score (nSPS) is 7.11. The third-order valence-electron chi connectivity index (χ3n) is 8.67. The fraction of sp³-hybridized carbons (Fsp3) is 0.750. The van der Waals surface area contributed by atoms with Gasteiger partial charge in [-0.2, -0.15) is 46.4 Å². The average molecular weight is 2010 g/mol. The van der Waals surface area contributed by atoms with Gasteiger partial charge in [-0.1, -0.05) is 375 Å². The van der Waals surface area contributed by atoms with E-state index in [2.05, 4.69) is 255 Å². The summed E-state index contributed by atoms with van der Waals surface area (Å²) in [4.78, 5) is 3.78. The van der Waals surface area contributed by atoms with E-state index in [1.807, 2.05) is 87.7 Å². The summed E-state index contributed by atoms with van der Waals surface area (Å²) in [6.45, 7) is 86.0. The quantitative estimate of drug-likeness (QED) is 0.0116. The van der Waals surface area contributed by atoms with Gasteiger partial charge in [-0.15, -0.1) is 13.2 Å². The summed E-state index contributed by atoms with van der Waals surface area (Å²) in [5, 5.41) is 32.4. The van der Waals surface area contributed by atoms with Gasteiger partial charge in [0.15, 0.2) is 0 Å². The number of rotatable bonds is 25. The number of thiol groups is 2. The third kappa shape index (κ3) is 474. The minimum absolute atomic E-state index is 0. The molecule has 0 aliphatic rings. The molecule has 0 amide bonds. The molecule has 0 bridgehead atoms. The zero-order valence-corrected chi connectivity index (χ0v) is 84.5. The molecule has 0 saturated carbocycles. The van der Waals surface area contributed by atoms with Gasteiger partial charge < -0.3 is 52.0 Å². The van der Waals surface area contributed by atoms with Crippen LogP contribution in [0, 0.1) is 9.56 Å². The van der Waals surface area contributed by atoms with Gasteiger partial charge in [0.25, 0.3) is 0 Å². The number of aliphatic hydroxyl groups is 4. The fourth-order valence-electron chi connectivity index (χ4n) is 1.76. The number of imidazole rings is 1. The van der Waals surface area contributed by atoms with Crippen LogP contribution in [0.25, 0.3) is 0 Å². The van der Waals surface area contributed by atoms with E-state index in [1.165, 1.54) is 60.8 Å². The van der Waals surface area contributed by atoms with E-state index in [0.29, 0.717) is 24.7 Å². The molecule has 1 heterocycles. The molecule has 0 aliphatic carbocycles. The second kappa shape index (κ2) is 238. The Kier molecular flexibility index (Phi) is 453. The van der Waals surface area contributed by atoms with Crippen LogP contribution in [-0.4, -0.2) is 111 Å². The summed E-state index contributed by atoms with van der Waals surface area (Å²) in [5.41, 5.74) is 8.88. The summed E-state index contributed by atoms with van der Waals surface area (Å²) in [6.07, 6.45) is 24.2. The van der Waals surface area contributed by atoms with E-state index >= 15 is 0 Å². The number of aromatic nitrogens is 2. The van der Waals surface area contributed by atoms with Crippen molar-refractivity contribution in [2.24, 2.45) is 0 Å². The van der Waals surface area contributed by atoms with Crippen molar-refractivity contribution in [2.45, 2.75) is 364 Å². The molecule has 6 N–H and O–H groups in total. The van der Waals surface area contributed by atoms with Crippen molar-refractivity contribution in [1.82, 2.24) is 7.76 Å². The third-order valence-corrected chi connectivity index (χ3v) is 12.3. The summed E-state index contributed by atoms with van der Waals surface area (Å²) < 4.78 is 48.4. The Morgan fingerprint density at radius 2 is 0.729 bits per heavy atom. The van der Waals surface area contributed by atoms with E-state index in [1.54, 1.807) is 19.4 Å². The number of aliphatic hydroxyl groups excluding tert-OH is 4. The second-order valence-electron chi connectivity index (χ2n) is 18.3. The monoisotopic (exact) mass is 2010 g/mol. The van der Waals surface area contributed by atoms with E-state index in [0.717, 1.165) is 131 Å². The molecule has 1 rings (SSSR count). The molecule has 107 heavy (non-hydrogen) atoms. The van der Waals surface area contributed by atoms with Gasteiger partial charge in [-0.3, -0.25) is 2.78 Å². The van der Waals surface area contributed by atoms with Crippen LogP contribution in [0.2, 0.25) is 0 Å². The number of hydrogen-bond donors (Lipinski definition) is 8. The predicted octanol–water partition coefficient (Wildman–Crippen LogP) is 33.2. The van der Waals surface area contributed by atoms with E-state index in [-0.39, 0.29) is 107 Å². The average Bonchev–Trinajstić information content (AvgIpc) is 1.96. The van der Waals surface area contributed by atoms with E-state index < -0.39 is 21.2 Å². The molecule has 23 heteroatoms. The molecule has 0 fully saturated rings. The van der Waals surface area contributed by atoms with Crippen molar-refractivity contribution in [3.05, 3.63) is 128 Å². The molecule has 3 unspecified atom stereocenters. The van der Waals surface area contributed by atoms with Crippen LogP contribution in [-0.2, 0) is 43.2 Å². The molecule has 1 aromatic rings. The van der Waals surface area contributed by atoms with Crippen LogP contribution in [0.4, 0.5) is 0 Å². The molecule has 678 valence electrons. The predicted molar refractivity (Wildman–Crippen MR) is 561 cm³/mol. The van der Waals surface area contributed by atoms with Crippen molar-refractivity contribution >= 4 is 136 Å². The number of nitrogens with zero attached hydrogens (tertiary/aromatic N) is 2. The Morgan fingerprint density at radius 1 is 0.467 bits per heavy atom. The van der Waals surface area contributed by atoms with Crippen LogP contribution in [0.1, 0.15) is 364 Å². The number of allylic oxidation sites excluding steroid dienone is 3. The van der Waals surface area contributed by atoms with Crippen LogP contribution in [0.5, 0.6) is 0 Å². The molecule has 1 aromatic heterocycles. The van der Waals surface area contributed by atoms with Crippen LogP contribution in [0.15, 0.2) is 128 Å². The van der Waals surface area contributed by atoms with Crippen molar-refractivity contribution in [3.63, 3.8) is 0 Å². The van der Waals surface area contributed by atoms with Crippen molar-refractivity contribution in [1.29, 1.82) is 9.56 Å². The van der Waals surface area contributed by atoms with Crippen LogP contribution in [0.3, 0.4) is 0 Å². The Morgan fingerprint density at radius 3 is 0.757 bits per heavy atom. The molecule has 3 atom stereocenters. The summed E-state index contributed by atoms with van der Waals surface area (Å²) in [5.74, 6) is 2.73. The molecular weight excluding hydrogens is 1800 g/mol. The van der Waals surface area contributed by atoms with Crippen molar-refractivity contribution < 1.29 is 42.4 Å². The maximum atomic E-state index is 10.1. The van der Waals surface area contributed by atoms with Crippen molar-refractivity contribution in [2.75, 3.05) is 62.7 Å². The number of hydrogen-bond acceptors (Lipinski definition) is 16. The Bertz CT molecular complexity index is 1560. The summed E-state index contributed by atoms with van der Waals surface area (Å²) in [6, 6.07) is 0. The topological polar surface area (TPSA) is 208 Å². The zero-order chi connectivity index (χ0) is 81.0. The van der Waals surface area contributed by atoms with Gasteiger partial charge >= 0.3 is 38.4 Å². The number of unbranched alkanes of at least 4 members (excludes halogenated alkanes) is 2. The Hall–Kier alpha value is 0.650. The molecule has 0 aliphatic heterocycles. The van der Waals surface area contributed by atoms with E-state index in [9.17, 15) is 8.42 Å². The van der Waals surface area contributed by atoms with Crippen LogP contribution < -0.4 is 0 Å². The Balaban J connectivity index is -0.0000000209. The first-order chi connectivity index (χ1) is 45.2. The fourth-order valence-corrected chi connectivity index (χ4v) is 3.64. The number of nitrogens with one attached hydrogen (secondary N) is 2. The second-order valence-corrected chi connectivity index (χ2v) is 23.3. The summed E-state index contributed by atoms with van der Waals surface area (Å²) >= 11 is 13.3. The standard InChI is InChI=1S/2C6H12.C5H10NOS.C5H11OP.C5H10O.C5H10S.C5H10.C4H8O.2C4H10.C3H3IN2.C3H8NOS.C3H7O2P.C3H8O.C3H8S.C3H8.C2H7OP.2C2H6.11CH4.HI.In.2H/c2*1-4-6(3)5-2;1-3-5(2)4-8(6)7;1-3-5(2)4-6-7;2*1-3-5(2)4-6;1-4-5(2)3;1-4(2)3-5;2*1-3-4-2;4-6-2-1-5-3-6;1-2-3-6(4)5;1-3(4)2-5-6;2*1-2-3-4;1-3-2;1-2-3-4;2*1-2;;;;;;;;;;;;;;;/h2*3-5H2,1-2H3;6H,2-4H2,1H3;2-4,7H2,1H3;2*6H,2-4H2,1H3;2,4H2,1,3H3;5H,1,3H2,2H3;2*3-4H2,1-2H3;1-3H;4H,2-3H2,1H3;4H,1-2,6H2;2*4H,2-3H2,1H3;3H2,1-2H3;2,4H2,1H3;2*1-2H3;11*1H4;1H;;;/q;;-1;;;;;;;;;-1;;;;;;;;;;;;;;;;;;;;+1;;/p-1. The number of halogens is 2. The van der Waals surface area contributed by atoms with Crippen LogP contribution >= 0.6 is 94.7 Å². The molecule has 0 spiro atoms. The Labute approximate surface area is 743 Å². The van der Waals surface area contributed by atoms with Gasteiger partial charge in [0, 0.05) is 59.8 Å². The van der Waals surface area contributed by atoms with E-state index in [4.69, 9.17) is 34.5 Å². The molecule has 0 aromatic carbocycles. The molecular formula is C84H210I2InN4O9P3S4-2. The first kappa shape index (κ1) is 203. The molecule has 13 nitrogen and oxygen atoms in total. The maximum absolute atomic E-state index is 10.1. The first-order valence-corrected chi connectivity index (χ1v) is 56.9. The first-order valence-electron chi connectivity index (χ1n) is 34.0. The van der Waals surface area contributed by atoms with Crippen molar-refractivity contribution in [3.8, 4) is 0 Å². The SMILES string of the molecule is C.C.C.C.C.C.C.C.C.C.C.C=C(C)CC.C=C(C)CO.C=C(CC)CC.C=C(CC)CC.C=C(CC)CO.C=C(CC)COP.C=C(CC)CS.C=C(CC)C[S-](=N)=O.C=C(O)COP.CC.CC.CCC.CCCC.CCCC.CCCO.CCCS.CCC[S-](=N)=O.CCOP.In1ccnc1.[InH2][I]. The minimum atomic E-state index is -1.45. The molecule has 0 radical (unpaired) electrons. The molecule has 0 saturated heterocycles. The van der Waals surface area contributed by atoms with Gasteiger partial charge in [-0.05, 0) is 97.2 Å².